The molecule has 0 saturated heterocycles. The topological polar surface area (TPSA) is 85.1 Å². The number of methoxy groups -OCH3 is 1. The molecule has 0 radical (unpaired) electrons. The van der Waals surface area contributed by atoms with Gasteiger partial charge in [0.15, 0.2) is 0 Å². The van der Waals surface area contributed by atoms with Gasteiger partial charge in [0.25, 0.3) is 0 Å². The highest BCUT2D eigenvalue weighted by atomic mass is 16.5. The van der Waals surface area contributed by atoms with Crippen molar-refractivity contribution in [2.75, 3.05) is 18.2 Å². The molecule has 2 aromatic rings. The van der Waals surface area contributed by atoms with Crippen LogP contribution in [0.2, 0.25) is 0 Å². The van der Waals surface area contributed by atoms with Gasteiger partial charge >= 0.3 is 0 Å². The van der Waals surface area contributed by atoms with Crippen molar-refractivity contribution in [1.29, 1.82) is 0 Å². The van der Waals surface area contributed by atoms with E-state index in [0.29, 0.717) is 11.8 Å². The molecule has 0 saturated carbocycles. The Morgan fingerprint density at radius 1 is 1.26 bits per heavy atom. The van der Waals surface area contributed by atoms with Crippen molar-refractivity contribution in [1.82, 2.24) is 15.3 Å². The third-order valence-electron chi connectivity index (χ3n) is 3.07. The molecule has 0 spiro atoms. The number of rotatable bonds is 3. The van der Waals surface area contributed by atoms with Gasteiger partial charge in [-0.25, -0.2) is 4.98 Å². The number of nitrogens with zero attached hydrogens (tertiary/aromatic N) is 2. The molecule has 0 aliphatic carbocycles. The molecular weight excluding hydrogens is 242 g/mol. The van der Waals surface area contributed by atoms with Crippen molar-refractivity contribution in [3.63, 3.8) is 0 Å². The third-order valence-corrected chi connectivity index (χ3v) is 3.07. The van der Waals surface area contributed by atoms with Crippen molar-refractivity contribution in [2.45, 2.75) is 13.1 Å². The second-order valence-electron chi connectivity index (χ2n) is 4.29. The lowest BCUT2D eigenvalue weighted by atomic mass is 10.2. The normalized spacial score (nSPS) is 13.1. The average molecular weight is 257 g/mol. The third kappa shape index (κ3) is 2.17. The van der Waals surface area contributed by atoms with Gasteiger partial charge in [0.05, 0.1) is 18.5 Å². The van der Waals surface area contributed by atoms with E-state index in [9.17, 15) is 0 Å². The van der Waals surface area contributed by atoms with Crippen LogP contribution < -0.4 is 21.1 Å². The summed E-state index contributed by atoms with van der Waals surface area (Å²) in [5, 5.41) is 6.35. The van der Waals surface area contributed by atoms with Crippen LogP contribution in [0.1, 0.15) is 11.3 Å². The minimum absolute atomic E-state index is 0.490. The van der Waals surface area contributed by atoms with Crippen molar-refractivity contribution in [3.05, 3.63) is 35.5 Å². The van der Waals surface area contributed by atoms with Gasteiger partial charge in [-0.1, -0.05) is 12.1 Å². The number of nitrogens with one attached hydrogen (secondary N) is 2. The van der Waals surface area contributed by atoms with E-state index in [4.69, 9.17) is 10.5 Å². The average Bonchev–Trinajstić information content (AvgIpc) is 2.88. The Balaban J connectivity index is 1.93. The van der Waals surface area contributed by atoms with Gasteiger partial charge in [0.1, 0.15) is 11.6 Å². The maximum Gasteiger partial charge on any atom is 0.229 e. The van der Waals surface area contributed by atoms with Crippen LogP contribution in [0.25, 0.3) is 0 Å². The van der Waals surface area contributed by atoms with E-state index in [1.54, 1.807) is 7.11 Å². The maximum atomic E-state index is 5.93. The molecule has 3 rings (SSSR count). The van der Waals surface area contributed by atoms with Crippen LogP contribution in [-0.4, -0.2) is 17.1 Å². The van der Waals surface area contributed by atoms with Crippen LogP contribution in [0.5, 0.6) is 5.75 Å². The van der Waals surface area contributed by atoms with E-state index >= 15 is 0 Å². The number of para-hydroxylation sites is 2. The fourth-order valence-corrected chi connectivity index (χ4v) is 2.12. The minimum atomic E-state index is 0.490. The van der Waals surface area contributed by atoms with Crippen molar-refractivity contribution >= 4 is 17.5 Å². The Morgan fingerprint density at radius 2 is 2.11 bits per heavy atom. The molecule has 0 atom stereocenters. The van der Waals surface area contributed by atoms with Gasteiger partial charge in [0, 0.05) is 18.7 Å². The molecule has 2 heterocycles. The quantitative estimate of drug-likeness (QED) is 0.771. The summed E-state index contributed by atoms with van der Waals surface area (Å²) in [6.45, 7) is 1.46. The fourth-order valence-electron chi connectivity index (χ4n) is 2.12. The number of nitrogen functional groups attached to an aromatic ring is 1. The summed E-state index contributed by atoms with van der Waals surface area (Å²) in [6, 6.07) is 7.61. The lowest BCUT2D eigenvalue weighted by Gasteiger charge is -2.11. The number of benzene rings is 1. The molecule has 0 unspecified atom stereocenters. The molecule has 1 aromatic carbocycles. The zero-order valence-corrected chi connectivity index (χ0v) is 10.6. The van der Waals surface area contributed by atoms with Crippen molar-refractivity contribution in [3.8, 4) is 5.75 Å². The zero-order chi connectivity index (χ0) is 13.2. The van der Waals surface area contributed by atoms with Crippen molar-refractivity contribution in [2.24, 2.45) is 0 Å². The smallest absolute Gasteiger partial charge is 0.229 e. The maximum absolute atomic E-state index is 5.93. The molecule has 1 aromatic heterocycles. The largest absolute Gasteiger partial charge is 0.495 e. The number of hydrogen-bond donors (Lipinski definition) is 3. The van der Waals surface area contributed by atoms with Crippen LogP contribution in [0.15, 0.2) is 24.3 Å². The standard InChI is InChI=1S/C13H15N5O/c1-19-11-5-3-2-4-9(11)16-13-17-10-7-15-6-8(10)12(14)18-13/h2-5,15H,6-7H2,1H3,(H3,14,16,17,18). The second kappa shape index (κ2) is 4.74. The van der Waals surface area contributed by atoms with Crippen LogP contribution >= 0.6 is 0 Å². The molecule has 0 fully saturated rings. The van der Waals surface area contributed by atoms with E-state index in [0.717, 1.165) is 35.8 Å². The lowest BCUT2D eigenvalue weighted by Crippen LogP contribution is -2.06. The zero-order valence-electron chi connectivity index (χ0n) is 10.6. The van der Waals surface area contributed by atoms with Gasteiger partial charge in [-0.2, -0.15) is 4.98 Å². The lowest BCUT2D eigenvalue weighted by molar-refractivity contribution is 0.417. The minimum Gasteiger partial charge on any atom is -0.495 e. The molecule has 0 amide bonds. The van der Waals surface area contributed by atoms with E-state index in [1.807, 2.05) is 24.3 Å². The predicted octanol–water partition coefficient (Wildman–Crippen LogP) is 1.41. The number of nitrogens with two attached hydrogens (primary N) is 1. The highest BCUT2D eigenvalue weighted by molar-refractivity contribution is 5.63. The molecule has 6 nitrogen and oxygen atoms in total. The summed E-state index contributed by atoms with van der Waals surface area (Å²) in [6.07, 6.45) is 0. The SMILES string of the molecule is COc1ccccc1Nc1nc(N)c2c(n1)CNC2. The van der Waals surface area contributed by atoms with E-state index in [-0.39, 0.29) is 0 Å². The van der Waals surface area contributed by atoms with Crippen LogP contribution in [-0.2, 0) is 13.1 Å². The van der Waals surface area contributed by atoms with Crippen LogP contribution in [0, 0.1) is 0 Å². The summed E-state index contributed by atoms with van der Waals surface area (Å²) in [4.78, 5) is 8.74. The number of aromatic nitrogens is 2. The van der Waals surface area contributed by atoms with E-state index in [2.05, 4.69) is 20.6 Å². The van der Waals surface area contributed by atoms with Crippen molar-refractivity contribution < 1.29 is 4.74 Å². The summed E-state index contributed by atoms with van der Waals surface area (Å²) in [5.74, 6) is 1.75. The summed E-state index contributed by atoms with van der Waals surface area (Å²) < 4.78 is 5.28. The molecule has 98 valence electrons. The van der Waals surface area contributed by atoms with E-state index in [1.165, 1.54) is 0 Å². The summed E-state index contributed by atoms with van der Waals surface area (Å²) >= 11 is 0. The second-order valence-corrected chi connectivity index (χ2v) is 4.29. The number of fused-ring (bicyclic) bond motifs is 1. The number of ether oxygens (including phenoxy) is 1. The van der Waals surface area contributed by atoms with Crippen LogP contribution in [0.4, 0.5) is 17.5 Å². The first-order valence-electron chi connectivity index (χ1n) is 6.04. The Hall–Kier alpha value is -2.34. The monoisotopic (exact) mass is 257 g/mol. The number of anilines is 3. The Kier molecular flexibility index (Phi) is 2.92. The first-order valence-corrected chi connectivity index (χ1v) is 6.04. The molecule has 1 aliphatic rings. The van der Waals surface area contributed by atoms with Gasteiger partial charge in [-0.05, 0) is 12.1 Å². The Bertz CT molecular complexity index is 614. The first kappa shape index (κ1) is 11.7. The molecule has 19 heavy (non-hydrogen) atoms. The Morgan fingerprint density at radius 3 is 2.95 bits per heavy atom. The van der Waals surface area contributed by atoms with Gasteiger partial charge in [0.2, 0.25) is 5.95 Å². The van der Waals surface area contributed by atoms with E-state index < -0.39 is 0 Å². The highest BCUT2D eigenvalue weighted by Crippen LogP contribution is 2.27. The molecule has 4 N–H and O–H groups in total. The van der Waals surface area contributed by atoms with Gasteiger partial charge in [-0.15, -0.1) is 0 Å². The van der Waals surface area contributed by atoms with Gasteiger partial charge < -0.3 is 21.1 Å². The molecular formula is C13H15N5O. The van der Waals surface area contributed by atoms with Crippen LogP contribution in [0.3, 0.4) is 0 Å². The predicted molar refractivity (Wildman–Crippen MR) is 73.3 cm³/mol. The summed E-state index contributed by atoms with van der Waals surface area (Å²) in [7, 11) is 1.63. The molecule has 1 aliphatic heterocycles. The Labute approximate surface area is 111 Å². The summed E-state index contributed by atoms with van der Waals surface area (Å²) in [5.41, 5.74) is 8.69. The molecule has 0 bridgehead atoms. The highest BCUT2D eigenvalue weighted by Gasteiger charge is 2.17. The number of hydrogen-bond acceptors (Lipinski definition) is 6. The van der Waals surface area contributed by atoms with Gasteiger partial charge in [-0.3, -0.25) is 0 Å². The fraction of sp³-hybridized carbons (Fsp3) is 0.231. The first-order chi connectivity index (χ1) is 9.28. The molecule has 6 heteroatoms.